The number of hydrogen-bond acceptors (Lipinski definition) is 2. The van der Waals surface area contributed by atoms with E-state index in [4.69, 9.17) is 5.73 Å². The first kappa shape index (κ1) is 16.5. The molecule has 0 radical (unpaired) electrons. The van der Waals surface area contributed by atoms with Crippen LogP contribution < -0.4 is 16.4 Å². The molecule has 0 bridgehead atoms. The molecule has 0 heterocycles. The van der Waals surface area contributed by atoms with Crippen molar-refractivity contribution in [1.82, 2.24) is 10.6 Å². The van der Waals surface area contributed by atoms with Crippen LogP contribution in [-0.2, 0) is 4.79 Å². The van der Waals surface area contributed by atoms with Crippen LogP contribution in [0.5, 0.6) is 0 Å². The molecule has 0 saturated heterocycles. The van der Waals surface area contributed by atoms with Crippen LogP contribution in [0, 0.1) is 0 Å². The zero-order valence-electron chi connectivity index (χ0n) is 11.5. The van der Waals surface area contributed by atoms with E-state index in [0.29, 0.717) is 13.0 Å². The number of amides is 3. The van der Waals surface area contributed by atoms with Gasteiger partial charge in [0, 0.05) is 17.4 Å². The number of primary amides is 1. The van der Waals surface area contributed by atoms with Crippen LogP contribution in [0.15, 0.2) is 28.7 Å². The third kappa shape index (κ3) is 6.06. The van der Waals surface area contributed by atoms with E-state index < -0.39 is 6.03 Å². The van der Waals surface area contributed by atoms with Crippen molar-refractivity contribution >= 4 is 27.9 Å². The van der Waals surface area contributed by atoms with Crippen molar-refractivity contribution in [2.45, 2.75) is 32.2 Å². The van der Waals surface area contributed by atoms with Gasteiger partial charge in [0.2, 0.25) is 5.91 Å². The van der Waals surface area contributed by atoms with Crippen molar-refractivity contribution in [3.05, 3.63) is 34.3 Å². The predicted octanol–water partition coefficient (Wildman–Crippen LogP) is 2.46. The zero-order chi connectivity index (χ0) is 15.0. The van der Waals surface area contributed by atoms with Crippen molar-refractivity contribution in [1.29, 1.82) is 0 Å². The molecular weight excluding hydrogens is 322 g/mol. The van der Waals surface area contributed by atoms with Crippen LogP contribution in [0.2, 0.25) is 0 Å². The molecule has 0 aliphatic rings. The third-order valence-electron chi connectivity index (χ3n) is 2.88. The summed E-state index contributed by atoms with van der Waals surface area (Å²) in [5, 5.41) is 5.45. The van der Waals surface area contributed by atoms with Crippen molar-refractivity contribution in [3.8, 4) is 0 Å². The van der Waals surface area contributed by atoms with Crippen LogP contribution in [0.3, 0.4) is 0 Å². The lowest BCUT2D eigenvalue weighted by Crippen LogP contribution is -2.30. The largest absolute Gasteiger partial charge is 0.352 e. The van der Waals surface area contributed by atoms with Gasteiger partial charge in [-0.1, -0.05) is 34.1 Å². The second kappa shape index (κ2) is 8.58. The van der Waals surface area contributed by atoms with Crippen molar-refractivity contribution in [2.75, 3.05) is 6.54 Å². The normalized spacial score (nSPS) is 11.7. The van der Waals surface area contributed by atoms with Crippen LogP contribution >= 0.6 is 15.9 Å². The fraction of sp³-hybridized carbons (Fsp3) is 0.429. The molecule has 5 nitrogen and oxygen atoms in total. The monoisotopic (exact) mass is 341 g/mol. The summed E-state index contributed by atoms with van der Waals surface area (Å²) in [6, 6.07) is 7.24. The minimum atomic E-state index is -0.531. The number of unbranched alkanes of at least 4 members (excludes halogenated alkanes) is 1. The molecule has 0 saturated carbocycles. The lowest BCUT2D eigenvalue weighted by molar-refractivity contribution is -0.121. The first-order valence-electron chi connectivity index (χ1n) is 6.58. The molecular formula is C14H20BrN3O2. The molecule has 1 aromatic rings. The van der Waals surface area contributed by atoms with Crippen LogP contribution in [0.4, 0.5) is 4.79 Å². The highest BCUT2D eigenvalue weighted by molar-refractivity contribution is 9.10. The predicted molar refractivity (Wildman–Crippen MR) is 82.1 cm³/mol. The summed E-state index contributed by atoms with van der Waals surface area (Å²) < 4.78 is 0.985. The summed E-state index contributed by atoms with van der Waals surface area (Å²) >= 11 is 3.47. The van der Waals surface area contributed by atoms with Crippen molar-refractivity contribution in [2.24, 2.45) is 5.73 Å². The number of nitrogens with one attached hydrogen (secondary N) is 2. The van der Waals surface area contributed by atoms with Gasteiger partial charge in [0.25, 0.3) is 0 Å². The van der Waals surface area contributed by atoms with Gasteiger partial charge in [-0.2, -0.15) is 0 Å². The molecule has 0 aliphatic heterocycles. The van der Waals surface area contributed by atoms with E-state index in [1.807, 2.05) is 31.2 Å². The van der Waals surface area contributed by atoms with Crippen molar-refractivity contribution < 1.29 is 9.59 Å². The van der Waals surface area contributed by atoms with Gasteiger partial charge < -0.3 is 16.4 Å². The highest BCUT2D eigenvalue weighted by atomic mass is 79.9. The Labute approximate surface area is 127 Å². The summed E-state index contributed by atoms with van der Waals surface area (Å²) in [4.78, 5) is 22.3. The summed E-state index contributed by atoms with van der Waals surface area (Å²) in [6.45, 7) is 2.45. The number of hydrogen-bond donors (Lipinski definition) is 3. The summed E-state index contributed by atoms with van der Waals surface area (Å²) in [5.74, 6) is 0.00679. The number of benzene rings is 1. The molecule has 1 atom stereocenters. The fourth-order valence-corrected chi connectivity index (χ4v) is 2.47. The first-order valence-corrected chi connectivity index (χ1v) is 7.37. The molecule has 0 aliphatic carbocycles. The molecule has 1 aromatic carbocycles. The lowest BCUT2D eigenvalue weighted by atomic mass is 10.1. The van der Waals surface area contributed by atoms with E-state index in [0.717, 1.165) is 22.9 Å². The number of carbonyl (C=O) groups is 2. The zero-order valence-corrected chi connectivity index (χ0v) is 13.1. The maximum absolute atomic E-state index is 11.8. The quantitative estimate of drug-likeness (QED) is 0.665. The molecule has 1 rings (SSSR count). The summed E-state index contributed by atoms with van der Waals surface area (Å²) in [6.07, 6.45) is 1.89. The SMILES string of the molecule is CC(NC(=O)CCCCNC(N)=O)c1ccccc1Br. The first-order chi connectivity index (χ1) is 9.50. The number of urea groups is 1. The van der Waals surface area contributed by atoms with Gasteiger partial charge in [-0.15, -0.1) is 0 Å². The molecule has 110 valence electrons. The molecule has 20 heavy (non-hydrogen) atoms. The second-order valence-electron chi connectivity index (χ2n) is 4.56. The van der Waals surface area contributed by atoms with E-state index in [1.165, 1.54) is 0 Å². The highest BCUT2D eigenvalue weighted by Crippen LogP contribution is 2.22. The summed E-state index contributed by atoms with van der Waals surface area (Å²) in [7, 11) is 0. The molecule has 0 fully saturated rings. The van der Waals surface area contributed by atoms with Gasteiger partial charge in [0.15, 0.2) is 0 Å². The Kier molecular flexibility index (Phi) is 7.08. The molecule has 3 amide bonds. The van der Waals surface area contributed by atoms with Gasteiger partial charge in [0.1, 0.15) is 0 Å². The summed E-state index contributed by atoms with van der Waals surface area (Å²) in [5.41, 5.74) is 6.00. The van der Waals surface area contributed by atoms with Gasteiger partial charge in [-0.05, 0) is 31.4 Å². The fourth-order valence-electron chi connectivity index (χ4n) is 1.84. The maximum atomic E-state index is 11.8. The smallest absolute Gasteiger partial charge is 0.312 e. The third-order valence-corrected chi connectivity index (χ3v) is 3.60. The van der Waals surface area contributed by atoms with Gasteiger partial charge in [-0.25, -0.2) is 4.79 Å². The number of halogens is 1. The van der Waals surface area contributed by atoms with Crippen LogP contribution in [0.25, 0.3) is 0 Å². The molecule has 6 heteroatoms. The van der Waals surface area contributed by atoms with Crippen LogP contribution in [-0.4, -0.2) is 18.5 Å². The number of rotatable bonds is 7. The van der Waals surface area contributed by atoms with E-state index in [1.54, 1.807) is 0 Å². The van der Waals surface area contributed by atoms with Crippen LogP contribution in [0.1, 0.15) is 37.8 Å². The standard InChI is InChI=1S/C14H20BrN3O2/c1-10(11-6-2-3-7-12(11)15)18-13(19)8-4-5-9-17-14(16)20/h2-3,6-7,10H,4-5,8-9H2,1H3,(H,18,19)(H3,16,17,20). The van der Waals surface area contributed by atoms with Gasteiger partial charge in [-0.3, -0.25) is 4.79 Å². The Hall–Kier alpha value is -1.56. The lowest BCUT2D eigenvalue weighted by Gasteiger charge is -2.15. The van der Waals surface area contributed by atoms with E-state index >= 15 is 0 Å². The molecule has 4 N–H and O–H groups in total. The van der Waals surface area contributed by atoms with Gasteiger partial charge >= 0.3 is 6.03 Å². The minimum absolute atomic E-state index is 0.00679. The highest BCUT2D eigenvalue weighted by Gasteiger charge is 2.11. The average Bonchev–Trinajstić information content (AvgIpc) is 2.38. The van der Waals surface area contributed by atoms with Gasteiger partial charge in [0.05, 0.1) is 6.04 Å². The Morgan fingerprint density at radius 1 is 1.30 bits per heavy atom. The maximum Gasteiger partial charge on any atom is 0.312 e. The van der Waals surface area contributed by atoms with E-state index in [2.05, 4.69) is 26.6 Å². The Morgan fingerprint density at radius 2 is 2.00 bits per heavy atom. The van der Waals surface area contributed by atoms with Crippen molar-refractivity contribution in [3.63, 3.8) is 0 Å². The number of nitrogens with two attached hydrogens (primary N) is 1. The van der Waals surface area contributed by atoms with E-state index in [-0.39, 0.29) is 11.9 Å². The minimum Gasteiger partial charge on any atom is -0.352 e. The molecule has 0 aromatic heterocycles. The Bertz CT molecular complexity index is 465. The topological polar surface area (TPSA) is 84.2 Å². The second-order valence-corrected chi connectivity index (χ2v) is 5.41. The Balaban J connectivity index is 2.28. The molecule has 1 unspecified atom stereocenters. The number of carbonyl (C=O) groups excluding carboxylic acids is 2. The Morgan fingerprint density at radius 3 is 2.65 bits per heavy atom. The van der Waals surface area contributed by atoms with E-state index in [9.17, 15) is 9.59 Å². The average molecular weight is 342 g/mol. The molecule has 0 spiro atoms.